The van der Waals surface area contributed by atoms with Gasteiger partial charge in [0.15, 0.2) is 0 Å². The van der Waals surface area contributed by atoms with Crippen molar-refractivity contribution in [3.63, 3.8) is 0 Å². The van der Waals surface area contributed by atoms with Crippen molar-refractivity contribution < 1.29 is 4.79 Å². The van der Waals surface area contributed by atoms with Crippen molar-refractivity contribution in [1.82, 2.24) is 5.32 Å². The fraction of sp³-hybridized carbons (Fsp3) is 0.462. The fourth-order valence-corrected chi connectivity index (χ4v) is 1.84. The van der Waals surface area contributed by atoms with Crippen molar-refractivity contribution >= 4 is 21.8 Å². The lowest BCUT2D eigenvalue weighted by atomic mass is 10.0. The molecule has 0 aliphatic rings. The van der Waals surface area contributed by atoms with Gasteiger partial charge >= 0.3 is 0 Å². The fourth-order valence-electron chi connectivity index (χ4n) is 1.58. The van der Waals surface area contributed by atoms with Gasteiger partial charge in [0.25, 0.3) is 0 Å². The van der Waals surface area contributed by atoms with Crippen molar-refractivity contribution in [3.8, 4) is 0 Å². The number of rotatable bonds is 5. The Morgan fingerprint density at radius 1 is 1.29 bits per heavy atom. The van der Waals surface area contributed by atoms with Crippen LogP contribution >= 0.6 is 15.9 Å². The van der Waals surface area contributed by atoms with E-state index >= 15 is 0 Å². The van der Waals surface area contributed by atoms with Crippen LogP contribution in [0.4, 0.5) is 0 Å². The zero-order valence-electron chi connectivity index (χ0n) is 10.2. The Morgan fingerprint density at radius 3 is 2.35 bits per heavy atom. The Labute approximate surface area is 111 Å². The maximum atomic E-state index is 11.7. The van der Waals surface area contributed by atoms with Gasteiger partial charge in [0.05, 0.1) is 12.1 Å². The van der Waals surface area contributed by atoms with Crippen molar-refractivity contribution in [2.24, 2.45) is 5.73 Å². The van der Waals surface area contributed by atoms with Crippen molar-refractivity contribution in [3.05, 3.63) is 34.3 Å². The molecule has 1 aromatic carbocycles. The molecule has 1 rings (SSSR count). The summed E-state index contributed by atoms with van der Waals surface area (Å²) in [4.78, 5) is 11.7. The molecule has 0 aliphatic carbocycles. The lowest BCUT2D eigenvalue weighted by Crippen LogP contribution is -2.41. The van der Waals surface area contributed by atoms with Crippen molar-refractivity contribution in [2.75, 3.05) is 0 Å². The maximum absolute atomic E-state index is 11.7. The SMILES string of the molecule is CCC(NC(=O)[C@H](N)CC)c1ccc(Br)cc1. The lowest BCUT2D eigenvalue weighted by Gasteiger charge is -2.19. The second-order valence-electron chi connectivity index (χ2n) is 4.04. The quantitative estimate of drug-likeness (QED) is 0.878. The number of hydrogen-bond donors (Lipinski definition) is 2. The molecule has 17 heavy (non-hydrogen) atoms. The summed E-state index contributed by atoms with van der Waals surface area (Å²) >= 11 is 3.39. The van der Waals surface area contributed by atoms with Gasteiger partial charge < -0.3 is 11.1 Å². The Kier molecular flexibility index (Phi) is 5.65. The minimum atomic E-state index is -0.417. The van der Waals surface area contributed by atoms with Gasteiger partial charge in [-0.1, -0.05) is 41.9 Å². The summed E-state index contributed by atoms with van der Waals surface area (Å²) in [6, 6.07) is 7.59. The molecule has 0 aliphatic heterocycles. The van der Waals surface area contributed by atoms with Gasteiger partial charge in [-0.15, -0.1) is 0 Å². The molecule has 0 fully saturated rings. The molecule has 1 aromatic rings. The molecule has 3 N–H and O–H groups in total. The third-order valence-corrected chi connectivity index (χ3v) is 3.30. The van der Waals surface area contributed by atoms with E-state index in [1.807, 2.05) is 38.1 Å². The van der Waals surface area contributed by atoms with Gasteiger partial charge in [0.1, 0.15) is 0 Å². The van der Waals surface area contributed by atoms with Crippen LogP contribution in [0.2, 0.25) is 0 Å². The van der Waals surface area contributed by atoms with Gasteiger partial charge in [-0.3, -0.25) is 4.79 Å². The van der Waals surface area contributed by atoms with Crippen LogP contribution in [0, 0.1) is 0 Å². The molecule has 0 saturated carbocycles. The predicted octanol–water partition coefficient (Wildman–Crippen LogP) is 2.75. The van der Waals surface area contributed by atoms with E-state index in [1.54, 1.807) is 0 Å². The summed E-state index contributed by atoms with van der Waals surface area (Å²) in [5, 5.41) is 2.97. The molecular formula is C13H19BrN2O. The highest BCUT2D eigenvalue weighted by atomic mass is 79.9. The molecule has 0 spiro atoms. The summed E-state index contributed by atoms with van der Waals surface area (Å²) in [7, 11) is 0. The molecule has 2 atom stereocenters. The zero-order chi connectivity index (χ0) is 12.8. The maximum Gasteiger partial charge on any atom is 0.237 e. The van der Waals surface area contributed by atoms with Gasteiger partial charge in [-0.25, -0.2) is 0 Å². The molecule has 94 valence electrons. The van der Waals surface area contributed by atoms with E-state index < -0.39 is 6.04 Å². The topological polar surface area (TPSA) is 55.1 Å². The van der Waals surface area contributed by atoms with E-state index in [0.29, 0.717) is 6.42 Å². The minimum absolute atomic E-state index is 0.0354. The number of amides is 1. The first-order chi connectivity index (χ1) is 8.08. The first kappa shape index (κ1) is 14.2. The van der Waals surface area contributed by atoms with Crippen LogP contribution < -0.4 is 11.1 Å². The van der Waals surface area contributed by atoms with Gasteiger partial charge in [-0.05, 0) is 30.5 Å². The molecule has 0 bridgehead atoms. The van der Waals surface area contributed by atoms with Crippen LogP contribution in [0.1, 0.15) is 38.3 Å². The third kappa shape index (κ3) is 4.13. The average molecular weight is 299 g/mol. The smallest absolute Gasteiger partial charge is 0.237 e. The number of hydrogen-bond acceptors (Lipinski definition) is 2. The molecule has 1 unspecified atom stereocenters. The monoisotopic (exact) mass is 298 g/mol. The van der Waals surface area contributed by atoms with Crippen LogP contribution in [-0.4, -0.2) is 11.9 Å². The number of carbonyl (C=O) groups excluding carboxylic acids is 1. The summed E-state index contributed by atoms with van der Waals surface area (Å²) in [6.07, 6.45) is 1.51. The summed E-state index contributed by atoms with van der Waals surface area (Å²) < 4.78 is 1.03. The van der Waals surface area contributed by atoms with Crippen LogP contribution in [-0.2, 0) is 4.79 Å². The first-order valence-corrected chi connectivity index (χ1v) is 6.69. The number of nitrogens with one attached hydrogen (secondary N) is 1. The summed E-state index contributed by atoms with van der Waals surface area (Å²) in [6.45, 7) is 3.95. The second-order valence-corrected chi connectivity index (χ2v) is 4.95. The predicted molar refractivity (Wildman–Crippen MR) is 73.6 cm³/mol. The van der Waals surface area contributed by atoms with E-state index in [4.69, 9.17) is 5.73 Å². The van der Waals surface area contributed by atoms with Crippen LogP contribution in [0.25, 0.3) is 0 Å². The second kappa shape index (κ2) is 6.77. The first-order valence-electron chi connectivity index (χ1n) is 5.89. The van der Waals surface area contributed by atoms with E-state index in [1.165, 1.54) is 0 Å². The van der Waals surface area contributed by atoms with Gasteiger partial charge in [0.2, 0.25) is 5.91 Å². The molecule has 0 saturated heterocycles. The van der Waals surface area contributed by atoms with Crippen molar-refractivity contribution in [1.29, 1.82) is 0 Å². The highest BCUT2D eigenvalue weighted by Gasteiger charge is 2.16. The number of carbonyl (C=O) groups is 1. The Balaban J connectivity index is 2.72. The molecule has 1 amide bonds. The highest BCUT2D eigenvalue weighted by molar-refractivity contribution is 9.10. The number of benzene rings is 1. The summed E-state index contributed by atoms with van der Waals surface area (Å²) in [5.74, 6) is -0.0812. The van der Waals surface area contributed by atoms with Crippen LogP contribution in [0.15, 0.2) is 28.7 Å². The van der Waals surface area contributed by atoms with Gasteiger partial charge in [-0.2, -0.15) is 0 Å². The van der Waals surface area contributed by atoms with Crippen molar-refractivity contribution in [2.45, 2.75) is 38.8 Å². The Hall–Kier alpha value is -0.870. The lowest BCUT2D eigenvalue weighted by molar-refractivity contribution is -0.123. The van der Waals surface area contributed by atoms with E-state index in [9.17, 15) is 4.79 Å². The highest BCUT2D eigenvalue weighted by Crippen LogP contribution is 2.19. The Morgan fingerprint density at radius 2 is 1.88 bits per heavy atom. The molecule has 0 radical (unpaired) electrons. The van der Waals surface area contributed by atoms with E-state index in [0.717, 1.165) is 16.5 Å². The largest absolute Gasteiger partial charge is 0.348 e. The van der Waals surface area contributed by atoms with Gasteiger partial charge in [0, 0.05) is 4.47 Å². The molecule has 0 aromatic heterocycles. The number of halogens is 1. The average Bonchev–Trinajstić information content (AvgIpc) is 2.35. The van der Waals surface area contributed by atoms with Crippen LogP contribution in [0.5, 0.6) is 0 Å². The standard InChI is InChI=1S/C13H19BrN2O/c1-3-11(15)13(17)16-12(4-2)9-5-7-10(14)8-6-9/h5-8,11-12H,3-4,15H2,1-2H3,(H,16,17)/t11-,12?/m1/s1. The van der Waals surface area contributed by atoms with E-state index in [-0.39, 0.29) is 11.9 Å². The van der Waals surface area contributed by atoms with E-state index in [2.05, 4.69) is 21.2 Å². The minimum Gasteiger partial charge on any atom is -0.348 e. The normalized spacial score (nSPS) is 14.1. The number of nitrogens with two attached hydrogens (primary N) is 1. The Bertz CT molecular complexity index is 364. The zero-order valence-corrected chi connectivity index (χ0v) is 11.8. The summed E-state index contributed by atoms with van der Waals surface area (Å²) in [5.41, 5.74) is 6.81. The molecule has 3 nitrogen and oxygen atoms in total. The van der Waals surface area contributed by atoms with Crippen LogP contribution in [0.3, 0.4) is 0 Å². The molecule has 0 heterocycles. The molecular weight excluding hydrogens is 280 g/mol. The molecule has 4 heteroatoms. The third-order valence-electron chi connectivity index (χ3n) is 2.77.